The van der Waals surface area contributed by atoms with Gasteiger partial charge in [0.1, 0.15) is 0 Å². The molecule has 2 aromatic rings. The Morgan fingerprint density at radius 3 is 2.82 bits per heavy atom. The van der Waals surface area contributed by atoms with Gasteiger partial charge in [-0.3, -0.25) is 9.48 Å². The van der Waals surface area contributed by atoms with Crippen molar-refractivity contribution in [1.82, 2.24) is 14.7 Å². The molecule has 1 aromatic heterocycles. The summed E-state index contributed by atoms with van der Waals surface area (Å²) < 4.78 is 2.00. The number of carbonyl (C=O) groups excluding carboxylic acids is 1. The molecular formula is C18H21N3O. The van der Waals surface area contributed by atoms with Crippen molar-refractivity contribution in [3.63, 3.8) is 0 Å². The topological polar surface area (TPSA) is 38.1 Å². The number of hydrogen-bond donors (Lipinski definition) is 0. The van der Waals surface area contributed by atoms with Gasteiger partial charge in [0, 0.05) is 31.4 Å². The van der Waals surface area contributed by atoms with Gasteiger partial charge in [-0.15, -0.1) is 0 Å². The molecule has 4 rings (SSSR count). The summed E-state index contributed by atoms with van der Waals surface area (Å²) in [6.45, 7) is 1.70. The van der Waals surface area contributed by atoms with E-state index in [9.17, 15) is 4.79 Å². The second-order valence-corrected chi connectivity index (χ2v) is 6.43. The average molecular weight is 295 g/mol. The van der Waals surface area contributed by atoms with Gasteiger partial charge in [-0.25, -0.2) is 0 Å². The Morgan fingerprint density at radius 1 is 1.18 bits per heavy atom. The molecule has 0 N–H and O–H groups in total. The number of benzene rings is 1. The van der Waals surface area contributed by atoms with Crippen molar-refractivity contribution >= 4 is 5.91 Å². The van der Waals surface area contributed by atoms with Crippen molar-refractivity contribution in [3.8, 4) is 0 Å². The molecule has 1 aliphatic heterocycles. The van der Waals surface area contributed by atoms with Crippen molar-refractivity contribution < 1.29 is 4.79 Å². The van der Waals surface area contributed by atoms with Crippen LogP contribution in [0, 0.1) is 5.92 Å². The summed E-state index contributed by atoms with van der Waals surface area (Å²) in [5.74, 6) is 0.961. The van der Waals surface area contributed by atoms with Crippen LogP contribution in [0.5, 0.6) is 0 Å². The number of piperidine rings is 1. The molecule has 1 amide bonds. The van der Waals surface area contributed by atoms with Crippen molar-refractivity contribution in [3.05, 3.63) is 54.4 Å². The first-order valence-electron chi connectivity index (χ1n) is 8.16. The number of likely N-dealkylation sites (tertiary alicyclic amines) is 1. The normalized spacial score (nSPS) is 27.6. The maximum Gasteiger partial charge on any atom is 0.226 e. The Balaban J connectivity index is 1.41. The predicted octanol–water partition coefficient (Wildman–Crippen LogP) is 2.85. The largest absolute Gasteiger partial charge is 0.340 e. The predicted molar refractivity (Wildman–Crippen MR) is 84.4 cm³/mol. The molecule has 3 atom stereocenters. The lowest BCUT2D eigenvalue weighted by atomic mass is 10.0. The number of aromatic nitrogens is 2. The van der Waals surface area contributed by atoms with E-state index in [-0.39, 0.29) is 5.92 Å². The lowest BCUT2D eigenvalue weighted by Gasteiger charge is -2.33. The summed E-state index contributed by atoms with van der Waals surface area (Å²) in [4.78, 5) is 14.8. The molecule has 2 heterocycles. The first-order valence-corrected chi connectivity index (χ1v) is 8.16. The van der Waals surface area contributed by atoms with Gasteiger partial charge in [0.2, 0.25) is 5.91 Å². The number of nitrogens with zero attached hydrogens (tertiary/aromatic N) is 3. The van der Waals surface area contributed by atoms with Crippen LogP contribution in [0.3, 0.4) is 0 Å². The SMILES string of the molecule is O=C([C@@H]1C[C@H]1c1ccccc1)N1CCC[C@H](n2cccn2)C1. The highest BCUT2D eigenvalue weighted by Crippen LogP contribution is 2.48. The van der Waals surface area contributed by atoms with Crippen LogP contribution in [0.4, 0.5) is 0 Å². The van der Waals surface area contributed by atoms with E-state index >= 15 is 0 Å². The summed E-state index contributed by atoms with van der Waals surface area (Å²) in [7, 11) is 0. The zero-order valence-corrected chi connectivity index (χ0v) is 12.6. The van der Waals surface area contributed by atoms with Crippen LogP contribution >= 0.6 is 0 Å². The maximum absolute atomic E-state index is 12.8. The van der Waals surface area contributed by atoms with Crippen molar-refractivity contribution in [2.45, 2.75) is 31.2 Å². The third-order valence-corrected chi connectivity index (χ3v) is 4.94. The van der Waals surface area contributed by atoms with Crippen molar-refractivity contribution in [2.24, 2.45) is 5.92 Å². The van der Waals surface area contributed by atoms with Crippen LogP contribution in [0.1, 0.15) is 36.8 Å². The van der Waals surface area contributed by atoms with Crippen LogP contribution in [-0.4, -0.2) is 33.7 Å². The molecule has 1 aromatic carbocycles. The molecule has 1 saturated heterocycles. The Hall–Kier alpha value is -2.10. The van der Waals surface area contributed by atoms with Gasteiger partial charge in [0.25, 0.3) is 0 Å². The second-order valence-electron chi connectivity index (χ2n) is 6.43. The third kappa shape index (κ3) is 2.54. The highest BCUT2D eigenvalue weighted by atomic mass is 16.2. The van der Waals surface area contributed by atoms with Crippen LogP contribution < -0.4 is 0 Å². The maximum atomic E-state index is 12.8. The minimum absolute atomic E-state index is 0.193. The van der Waals surface area contributed by atoms with Crippen LogP contribution in [0.25, 0.3) is 0 Å². The molecule has 114 valence electrons. The quantitative estimate of drug-likeness (QED) is 0.873. The number of hydrogen-bond acceptors (Lipinski definition) is 2. The van der Waals surface area contributed by atoms with Gasteiger partial charge < -0.3 is 4.90 Å². The Labute approximate surface area is 130 Å². The molecule has 1 aliphatic carbocycles. The summed E-state index contributed by atoms with van der Waals surface area (Å²) >= 11 is 0. The second kappa shape index (κ2) is 5.59. The Kier molecular flexibility index (Phi) is 3.45. The summed E-state index contributed by atoms with van der Waals surface area (Å²) in [5, 5.41) is 4.34. The fourth-order valence-corrected chi connectivity index (χ4v) is 3.64. The average Bonchev–Trinajstić information content (AvgIpc) is 3.19. The van der Waals surface area contributed by atoms with Gasteiger partial charge in [-0.1, -0.05) is 30.3 Å². The summed E-state index contributed by atoms with van der Waals surface area (Å²) in [6.07, 6.45) is 7.00. The fourth-order valence-electron chi connectivity index (χ4n) is 3.64. The van der Waals surface area contributed by atoms with Crippen LogP contribution in [0.15, 0.2) is 48.8 Å². The van der Waals surface area contributed by atoms with E-state index in [2.05, 4.69) is 34.3 Å². The molecule has 1 saturated carbocycles. The standard InChI is InChI=1S/C18H21N3O/c22-18(17-12-16(17)14-6-2-1-3-7-14)20-10-4-8-15(13-20)21-11-5-9-19-21/h1-3,5-7,9,11,15-17H,4,8,10,12-13H2/t15-,16-,17+/m0/s1. The molecule has 2 aliphatic rings. The van der Waals surface area contributed by atoms with E-state index < -0.39 is 0 Å². The Morgan fingerprint density at radius 2 is 2.05 bits per heavy atom. The van der Waals surface area contributed by atoms with Gasteiger partial charge >= 0.3 is 0 Å². The highest BCUT2D eigenvalue weighted by Gasteiger charge is 2.46. The lowest BCUT2D eigenvalue weighted by molar-refractivity contribution is -0.134. The molecule has 2 fully saturated rings. The lowest BCUT2D eigenvalue weighted by Crippen LogP contribution is -2.41. The molecular weight excluding hydrogens is 274 g/mol. The van der Waals surface area contributed by atoms with Crippen LogP contribution in [0.2, 0.25) is 0 Å². The van der Waals surface area contributed by atoms with Gasteiger partial charge in [0.05, 0.1) is 6.04 Å². The number of carbonyl (C=O) groups is 1. The van der Waals surface area contributed by atoms with E-state index in [4.69, 9.17) is 0 Å². The van der Waals surface area contributed by atoms with E-state index in [1.807, 2.05) is 29.2 Å². The first kappa shape index (κ1) is 13.6. The van der Waals surface area contributed by atoms with Crippen LogP contribution in [-0.2, 0) is 4.79 Å². The smallest absolute Gasteiger partial charge is 0.226 e. The molecule has 4 heteroatoms. The van der Waals surface area contributed by atoms with Crippen molar-refractivity contribution in [2.75, 3.05) is 13.1 Å². The molecule has 0 radical (unpaired) electrons. The van der Waals surface area contributed by atoms with Crippen molar-refractivity contribution in [1.29, 1.82) is 0 Å². The molecule has 4 nitrogen and oxygen atoms in total. The van der Waals surface area contributed by atoms with E-state index in [1.165, 1.54) is 5.56 Å². The van der Waals surface area contributed by atoms with E-state index in [0.717, 1.165) is 32.4 Å². The minimum atomic E-state index is 0.193. The highest BCUT2D eigenvalue weighted by molar-refractivity contribution is 5.83. The Bertz CT molecular complexity index is 638. The minimum Gasteiger partial charge on any atom is -0.340 e. The number of amides is 1. The molecule has 0 spiro atoms. The van der Waals surface area contributed by atoms with E-state index in [0.29, 0.717) is 17.9 Å². The molecule has 22 heavy (non-hydrogen) atoms. The number of rotatable bonds is 3. The fraction of sp³-hybridized carbons (Fsp3) is 0.444. The summed E-state index contributed by atoms with van der Waals surface area (Å²) in [5.41, 5.74) is 1.31. The zero-order chi connectivity index (χ0) is 14.9. The van der Waals surface area contributed by atoms with Gasteiger partial charge in [-0.2, -0.15) is 5.10 Å². The van der Waals surface area contributed by atoms with Gasteiger partial charge in [0.15, 0.2) is 0 Å². The van der Waals surface area contributed by atoms with Gasteiger partial charge in [-0.05, 0) is 36.8 Å². The van der Waals surface area contributed by atoms with E-state index in [1.54, 1.807) is 0 Å². The third-order valence-electron chi connectivity index (χ3n) is 4.94. The molecule has 0 bridgehead atoms. The zero-order valence-electron chi connectivity index (χ0n) is 12.6. The summed E-state index contributed by atoms with van der Waals surface area (Å²) in [6, 6.07) is 12.7. The molecule has 0 unspecified atom stereocenters. The monoisotopic (exact) mass is 295 g/mol. The first-order chi connectivity index (χ1) is 10.8.